The van der Waals surface area contributed by atoms with Crippen molar-refractivity contribution in [2.45, 2.75) is 84.0 Å². The zero-order chi connectivity index (χ0) is 29.1. The monoisotopic (exact) mass is 555 g/mol. The summed E-state index contributed by atoms with van der Waals surface area (Å²) in [4.78, 5) is 39.1. The van der Waals surface area contributed by atoms with E-state index in [2.05, 4.69) is 51.2 Å². The number of allylic oxidation sites excluding steroid dienone is 2. The van der Waals surface area contributed by atoms with Crippen molar-refractivity contribution in [2.24, 2.45) is 23.2 Å². The van der Waals surface area contributed by atoms with Crippen molar-refractivity contribution in [1.29, 1.82) is 0 Å². The summed E-state index contributed by atoms with van der Waals surface area (Å²) in [5.74, 6) is -0.289. The molecule has 0 unspecified atom stereocenters. The van der Waals surface area contributed by atoms with Gasteiger partial charge in [0.1, 0.15) is 5.69 Å². The highest BCUT2D eigenvalue weighted by molar-refractivity contribution is 6.22. The standard InChI is InChI=1S/C34H41N3O4/c1-21(2)22-10-13-27-23(18-22)11-15-30-33(3,16-7-17-34(27,30)4)20-35-28-14-12-24(19-29(28)37(40)41)36-31(38)25-8-5-6-9-26(25)32(36)39/h5-6,10,12-14,18-19,21,25-26,30,35H,7-9,11,15-17,20H2,1-4H3/t25-,26+,30-,33+,34-/m1/s1. The van der Waals surface area contributed by atoms with Gasteiger partial charge in [-0.05, 0) is 90.0 Å². The lowest BCUT2D eigenvalue weighted by molar-refractivity contribution is -0.383. The number of benzene rings is 2. The van der Waals surface area contributed by atoms with E-state index in [1.54, 1.807) is 12.1 Å². The maximum absolute atomic E-state index is 13.1. The first-order valence-electron chi connectivity index (χ1n) is 15.2. The van der Waals surface area contributed by atoms with Crippen LogP contribution >= 0.6 is 0 Å². The summed E-state index contributed by atoms with van der Waals surface area (Å²) in [6.07, 6.45) is 10.5. The van der Waals surface area contributed by atoms with E-state index < -0.39 is 4.92 Å². The van der Waals surface area contributed by atoms with E-state index in [9.17, 15) is 19.7 Å². The van der Waals surface area contributed by atoms with Crippen LogP contribution in [0.2, 0.25) is 0 Å². The van der Waals surface area contributed by atoms with Gasteiger partial charge in [0, 0.05) is 12.6 Å². The molecule has 1 heterocycles. The van der Waals surface area contributed by atoms with E-state index in [1.165, 1.54) is 22.8 Å². The zero-order valence-electron chi connectivity index (χ0n) is 24.6. The molecule has 3 aliphatic carbocycles. The van der Waals surface area contributed by atoms with Crippen LogP contribution in [0.5, 0.6) is 0 Å². The van der Waals surface area contributed by atoms with E-state index >= 15 is 0 Å². The molecule has 2 amide bonds. The Bertz CT molecular complexity index is 1420. The molecule has 216 valence electrons. The molecule has 7 heteroatoms. The van der Waals surface area contributed by atoms with Crippen molar-refractivity contribution in [3.63, 3.8) is 0 Å². The molecule has 1 saturated carbocycles. The number of nitrogens with zero attached hydrogens (tertiary/aromatic N) is 2. The van der Waals surface area contributed by atoms with Gasteiger partial charge in [0.05, 0.1) is 22.4 Å². The van der Waals surface area contributed by atoms with Gasteiger partial charge >= 0.3 is 0 Å². The van der Waals surface area contributed by atoms with E-state index in [4.69, 9.17) is 0 Å². The molecule has 1 aliphatic heterocycles. The lowest BCUT2D eigenvalue weighted by Crippen LogP contribution is -2.51. The van der Waals surface area contributed by atoms with Gasteiger partial charge in [0.15, 0.2) is 0 Å². The minimum Gasteiger partial charge on any atom is -0.379 e. The fourth-order valence-electron chi connectivity index (χ4n) is 8.53. The molecule has 2 aromatic carbocycles. The number of fused-ring (bicyclic) bond motifs is 4. The van der Waals surface area contributed by atoms with Gasteiger partial charge < -0.3 is 5.32 Å². The second kappa shape index (κ2) is 10.1. The molecule has 2 fully saturated rings. The Morgan fingerprint density at radius 1 is 1.02 bits per heavy atom. The number of aryl methyl sites for hydroxylation is 1. The molecule has 0 spiro atoms. The molecular formula is C34H41N3O4. The Morgan fingerprint density at radius 2 is 1.73 bits per heavy atom. The van der Waals surface area contributed by atoms with E-state index in [-0.39, 0.29) is 45.9 Å². The van der Waals surface area contributed by atoms with Gasteiger partial charge in [0.2, 0.25) is 11.8 Å². The Labute approximate surface area is 242 Å². The second-order valence-electron chi connectivity index (χ2n) is 13.6. The molecular weight excluding hydrogens is 514 g/mol. The molecule has 0 bridgehead atoms. The minimum absolute atomic E-state index is 0.0302. The molecule has 0 radical (unpaired) electrons. The first kappa shape index (κ1) is 27.7. The van der Waals surface area contributed by atoms with Crippen LogP contribution in [-0.2, 0) is 21.4 Å². The quantitative estimate of drug-likeness (QED) is 0.175. The van der Waals surface area contributed by atoms with Crippen LogP contribution in [0.1, 0.15) is 88.8 Å². The van der Waals surface area contributed by atoms with Gasteiger partial charge in [0.25, 0.3) is 5.69 Å². The second-order valence-corrected chi connectivity index (χ2v) is 13.6. The highest BCUT2D eigenvalue weighted by Gasteiger charge is 2.52. The summed E-state index contributed by atoms with van der Waals surface area (Å²) in [7, 11) is 0. The average molecular weight is 556 g/mol. The van der Waals surface area contributed by atoms with E-state index in [1.807, 2.05) is 12.2 Å². The summed E-state index contributed by atoms with van der Waals surface area (Å²) < 4.78 is 0. The van der Waals surface area contributed by atoms with Crippen molar-refractivity contribution in [2.75, 3.05) is 16.8 Å². The number of hydrogen-bond acceptors (Lipinski definition) is 5. The molecule has 7 nitrogen and oxygen atoms in total. The number of carbonyl (C=O) groups excluding carboxylic acids is 2. The lowest BCUT2D eigenvalue weighted by Gasteiger charge is -2.55. The molecule has 0 aromatic heterocycles. The summed E-state index contributed by atoms with van der Waals surface area (Å²) in [6.45, 7) is 9.89. The summed E-state index contributed by atoms with van der Waals surface area (Å²) >= 11 is 0. The average Bonchev–Trinajstić information content (AvgIpc) is 3.21. The van der Waals surface area contributed by atoms with Crippen LogP contribution in [-0.4, -0.2) is 23.3 Å². The number of hydrogen-bond donors (Lipinski definition) is 1. The van der Waals surface area contributed by atoms with Crippen LogP contribution in [0.4, 0.5) is 17.1 Å². The van der Waals surface area contributed by atoms with Crippen LogP contribution < -0.4 is 10.2 Å². The third kappa shape index (κ3) is 4.48. The number of anilines is 2. The molecule has 4 aliphatic rings. The Morgan fingerprint density at radius 3 is 2.39 bits per heavy atom. The number of imide groups is 1. The maximum Gasteiger partial charge on any atom is 0.294 e. The van der Waals surface area contributed by atoms with Crippen LogP contribution in [0, 0.1) is 33.3 Å². The van der Waals surface area contributed by atoms with E-state index in [0.717, 1.165) is 37.0 Å². The van der Waals surface area contributed by atoms with Crippen LogP contribution in [0.25, 0.3) is 0 Å². The zero-order valence-corrected chi connectivity index (χ0v) is 24.6. The predicted molar refractivity (Wildman–Crippen MR) is 161 cm³/mol. The highest BCUT2D eigenvalue weighted by Crippen LogP contribution is 2.57. The SMILES string of the molecule is CC(C)c1ccc2c(c1)CC[C@@H]1[C@](C)(CNc3ccc(N4C(=O)[C@H]5CC=CC[C@H]5C4=O)cc3[N+](=O)[O-])CCC[C@]21C. The molecule has 6 rings (SSSR count). The Balaban J connectivity index is 1.24. The van der Waals surface area contributed by atoms with Gasteiger partial charge in [-0.25, -0.2) is 4.90 Å². The van der Waals surface area contributed by atoms with Crippen LogP contribution in [0.3, 0.4) is 0 Å². The number of nitrogens with one attached hydrogen (secondary N) is 1. The van der Waals surface area contributed by atoms with Crippen molar-refractivity contribution in [3.05, 3.63) is 75.4 Å². The number of amides is 2. The van der Waals surface area contributed by atoms with Crippen LogP contribution in [0.15, 0.2) is 48.6 Å². The maximum atomic E-state index is 13.1. The topological polar surface area (TPSA) is 92.6 Å². The molecule has 41 heavy (non-hydrogen) atoms. The number of nitro groups is 1. The predicted octanol–water partition coefficient (Wildman–Crippen LogP) is 7.30. The van der Waals surface area contributed by atoms with Crippen molar-refractivity contribution in [1.82, 2.24) is 0 Å². The van der Waals surface area contributed by atoms with Gasteiger partial charge in [-0.1, -0.05) is 64.5 Å². The summed E-state index contributed by atoms with van der Waals surface area (Å²) in [5, 5.41) is 15.6. The van der Waals surface area contributed by atoms with Gasteiger partial charge in [-0.2, -0.15) is 0 Å². The normalized spacial score (nSPS) is 30.7. The summed E-state index contributed by atoms with van der Waals surface area (Å²) in [6, 6.07) is 11.8. The van der Waals surface area contributed by atoms with Crippen molar-refractivity contribution in [3.8, 4) is 0 Å². The third-order valence-corrected chi connectivity index (χ3v) is 10.8. The largest absolute Gasteiger partial charge is 0.379 e. The molecule has 1 saturated heterocycles. The molecule has 5 atom stereocenters. The Hall–Kier alpha value is -3.48. The molecule has 1 N–H and O–H groups in total. The van der Waals surface area contributed by atoms with Gasteiger partial charge in [-0.3, -0.25) is 19.7 Å². The number of carbonyl (C=O) groups is 2. The lowest BCUT2D eigenvalue weighted by atomic mass is 9.49. The van der Waals surface area contributed by atoms with Crippen molar-refractivity contribution >= 4 is 28.9 Å². The highest BCUT2D eigenvalue weighted by atomic mass is 16.6. The number of nitro benzene ring substituents is 1. The first-order valence-corrected chi connectivity index (χ1v) is 15.2. The third-order valence-electron chi connectivity index (χ3n) is 10.8. The smallest absolute Gasteiger partial charge is 0.294 e. The van der Waals surface area contributed by atoms with Crippen molar-refractivity contribution < 1.29 is 14.5 Å². The van der Waals surface area contributed by atoms with Gasteiger partial charge in [-0.15, -0.1) is 0 Å². The fourth-order valence-corrected chi connectivity index (χ4v) is 8.53. The minimum atomic E-state index is -0.415. The summed E-state index contributed by atoms with van der Waals surface area (Å²) in [5.41, 5.74) is 5.03. The fraction of sp³-hybridized carbons (Fsp3) is 0.529. The molecule has 2 aromatic rings. The number of rotatable bonds is 6. The van der Waals surface area contributed by atoms with E-state index in [0.29, 0.717) is 36.9 Å². The Kier molecular flexibility index (Phi) is 6.82. The first-order chi connectivity index (χ1) is 19.5.